The lowest BCUT2D eigenvalue weighted by Crippen LogP contribution is -2.53. The summed E-state index contributed by atoms with van der Waals surface area (Å²) in [5, 5.41) is 24.3. The molecule has 0 saturated carbocycles. The SMILES string of the molecule is CC(C)CC(O)C(=O)NC(C(=O)OC(C(=O)NC(CC(C)C)C(=O)O)C(C)C)C(C)C. The van der Waals surface area contributed by atoms with E-state index in [4.69, 9.17) is 4.74 Å². The minimum Gasteiger partial charge on any atom is -0.480 e. The molecule has 9 heteroatoms. The second-order valence-electron chi connectivity index (χ2n) is 9.51. The lowest BCUT2D eigenvalue weighted by molar-refractivity contribution is -0.163. The number of carbonyl (C=O) groups is 4. The second kappa shape index (κ2) is 13.3. The molecule has 2 amide bonds. The highest BCUT2D eigenvalue weighted by Gasteiger charge is 2.35. The molecule has 0 aliphatic heterocycles. The summed E-state index contributed by atoms with van der Waals surface area (Å²) >= 11 is 0. The van der Waals surface area contributed by atoms with E-state index in [2.05, 4.69) is 10.6 Å². The fraction of sp³-hybridized carbons (Fsp3) is 0.818. The molecule has 4 atom stereocenters. The molecule has 4 N–H and O–H groups in total. The molecule has 0 aromatic carbocycles. The highest BCUT2D eigenvalue weighted by Crippen LogP contribution is 2.14. The molecule has 31 heavy (non-hydrogen) atoms. The Kier molecular flexibility index (Phi) is 12.4. The van der Waals surface area contributed by atoms with E-state index in [9.17, 15) is 29.4 Å². The quantitative estimate of drug-likeness (QED) is 0.317. The third-order valence-electron chi connectivity index (χ3n) is 4.64. The Bertz CT molecular complexity index is 617. The van der Waals surface area contributed by atoms with E-state index in [1.54, 1.807) is 27.7 Å². The zero-order valence-electron chi connectivity index (χ0n) is 20.0. The molecule has 0 fully saturated rings. The highest BCUT2D eigenvalue weighted by molar-refractivity contribution is 5.90. The molecular formula is C22H40N2O7. The predicted molar refractivity (Wildman–Crippen MR) is 116 cm³/mol. The Hall–Kier alpha value is -2.16. The number of amides is 2. The average molecular weight is 445 g/mol. The molecule has 9 nitrogen and oxygen atoms in total. The van der Waals surface area contributed by atoms with E-state index < -0.39 is 54.0 Å². The van der Waals surface area contributed by atoms with Crippen molar-refractivity contribution in [1.82, 2.24) is 10.6 Å². The van der Waals surface area contributed by atoms with Crippen molar-refractivity contribution in [3.05, 3.63) is 0 Å². The summed E-state index contributed by atoms with van der Waals surface area (Å²) in [4.78, 5) is 49.2. The Morgan fingerprint density at radius 2 is 1.29 bits per heavy atom. The summed E-state index contributed by atoms with van der Waals surface area (Å²) in [6, 6.07) is -2.16. The van der Waals surface area contributed by atoms with Crippen molar-refractivity contribution in [2.45, 2.75) is 92.5 Å². The van der Waals surface area contributed by atoms with Crippen molar-refractivity contribution in [3.63, 3.8) is 0 Å². The summed E-state index contributed by atoms with van der Waals surface area (Å²) in [7, 11) is 0. The number of ether oxygens (including phenoxy) is 1. The van der Waals surface area contributed by atoms with Gasteiger partial charge in [-0.1, -0.05) is 55.4 Å². The van der Waals surface area contributed by atoms with E-state index in [0.29, 0.717) is 0 Å². The molecular weight excluding hydrogens is 404 g/mol. The number of aliphatic carboxylic acids is 1. The van der Waals surface area contributed by atoms with Crippen molar-refractivity contribution < 1.29 is 34.1 Å². The fourth-order valence-electron chi connectivity index (χ4n) is 2.94. The maximum absolute atomic E-state index is 12.8. The van der Waals surface area contributed by atoms with Crippen LogP contribution >= 0.6 is 0 Å². The third kappa shape index (κ3) is 10.6. The summed E-state index contributed by atoms with van der Waals surface area (Å²) in [5.41, 5.74) is 0. The number of nitrogens with one attached hydrogen (secondary N) is 2. The van der Waals surface area contributed by atoms with E-state index in [0.717, 1.165) is 0 Å². The van der Waals surface area contributed by atoms with Gasteiger partial charge in [-0.2, -0.15) is 0 Å². The van der Waals surface area contributed by atoms with Crippen LogP contribution in [-0.2, 0) is 23.9 Å². The number of rotatable bonds is 13. The Balaban J connectivity index is 5.34. The standard InChI is InChI=1S/C22H40N2O7/c1-11(2)9-15(21(28)29)23-20(27)18(14(7)8)31-22(30)17(13(5)6)24-19(26)16(25)10-12(3)4/h11-18,25H,9-10H2,1-8H3,(H,23,27)(H,24,26)(H,28,29). The second-order valence-corrected chi connectivity index (χ2v) is 9.51. The van der Waals surface area contributed by atoms with Crippen molar-refractivity contribution in [1.29, 1.82) is 0 Å². The number of aliphatic hydroxyl groups excluding tert-OH is 1. The zero-order valence-corrected chi connectivity index (χ0v) is 20.0. The monoisotopic (exact) mass is 444 g/mol. The number of aliphatic hydroxyl groups is 1. The minimum atomic E-state index is -1.26. The van der Waals surface area contributed by atoms with E-state index >= 15 is 0 Å². The van der Waals surface area contributed by atoms with Gasteiger partial charge in [-0.05, 0) is 36.5 Å². The molecule has 0 spiro atoms. The molecule has 0 bridgehead atoms. The van der Waals surface area contributed by atoms with Gasteiger partial charge >= 0.3 is 11.9 Å². The maximum atomic E-state index is 12.8. The molecule has 0 aliphatic carbocycles. The molecule has 0 rings (SSSR count). The average Bonchev–Trinajstić information content (AvgIpc) is 2.61. The van der Waals surface area contributed by atoms with Crippen LogP contribution in [0.3, 0.4) is 0 Å². The lowest BCUT2D eigenvalue weighted by atomic mass is 10.0. The molecule has 0 aliphatic rings. The summed E-state index contributed by atoms with van der Waals surface area (Å²) < 4.78 is 5.40. The van der Waals surface area contributed by atoms with E-state index in [1.807, 2.05) is 27.7 Å². The number of esters is 1. The van der Waals surface area contributed by atoms with Gasteiger partial charge in [0.05, 0.1) is 0 Å². The maximum Gasteiger partial charge on any atom is 0.329 e. The van der Waals surface area contributed by atoms with Crippen molar-refractivity contribution >= 4 is 23.8 Å². The van der Waals surface area contributed by atoms with Crippen molar-refractivity contribution in [2.24, 2.45) is 23.7 Å². The zero-order chi connectivity index (χ0) is 24.5. The highest BCUT2D eigenvalue weighted by atomic mass is 16.6. The first-order valence-electron chi connectivity index (χ1n) is 10.9. The Morgan fingerprint density at radius 3 is 1.68 bits per heavy atom. The molecule has 4 unspecified atom stereocenters. The van der Waals surface area contributed by atoms with Crippen LogP contribution in [0.4, 0.5) is 0 Å². The van der Waals surface area contributed by atoms with Crippen LogP contribution < -0.4 is 10.6 Å². The third-order valence-corrected chi connectivity index (χ3v) is 4.64. The van der Waals surface area contributed by atoms with Crippen LogP contribution in [0.25, 0.3) is 0 Å². The molecule has 0 radical (unpaired) electrons. The summed E-state index contributed by atoms with van der Waals surface area (Å²) in [6.07, 6.45) is -2.00. The number of carboxylic acid groups (broad SMARTS) is 1. The predicted octanol–water partition coefficient (Wildman–Crippen LogP) is 1.72. The fourth-order valence-corrected chi connectivity index (χ4v) is 2.94. The topological polar surface area (TPSA) is 142 Å². The van der Waals surface area contributed by atoms with Crippen molar-refractivity contribution in [3.8, 4) is 0 Å². The normalized spacial score (nSPS) is 15.5. The molecule has 0 heterocycles. The first-order valence-corrected chi connectivity index (χ1v) is 10.9. The van der Waals surface area contributed by atoms with Gasteiger partial charge in [-0.15, -0.1) is 0 Å². The molecule has 0 aromatic rings. The van der Waals surface area contributed by atoms with E-state index in [-0.39, 0.29) is 30.6 Å². The Morgan fingerprint density at radius 1 is 0.774 bits per heavy atom. The molecule has 0 saturated heterocycles. The van der Waals surface area contributed by atoms with Gasteiger partial charge in [0, 0.05) is 0 Å². The van der Waals surface area contributed by atoms with Crippen LogP contribution in [-0.4, -0.2) is 58.3 Å². The van der Waals surface area contributed by atoms with Crippen LogP contribution in [0.15, 0.2) is 0 Å². The number of hydrogen-bond donors (Lipinski definition) is 4. The van der Waals surface area contributed by atoms with Gasteiger partial charge in [0.25, 0.3) is 5.91 Å². The van der Waals surface area contributed by atoms with Gasteiger partial charge in [-0.3, -0.25) is 9.59 Å². The first kappa shape index (κ1) is 28.8. The van der Waals surface area contributed by atoms with Gasteiger partial charge in [0.15, 0.2) is 6.10 Å². The number of carboxylic acids is 1. The minimum absolute atomic E-state index is 0.0410. The van der Waals surface area contributed by atoms with Crippen molar-refractivity contribution in [2.75, 3.05) is 0 Å². The smallest absolute Gasteiger partial charge is 0.329 e. The van der Waals surface area contributed by atoms with Crippen LogP contribution in [0.5, 0.6) is 0 Å². The molecule has 180 valence electrons. The first-order chi connectivity index (χ1) is 14.2. The van der Waals surface area contributed by atoms with Crippen LogP contribution in [0.2, 0.25) is 0 Å². The summed E-state index contributed by atoms with van der Waals surface area (Å²) in [5.74, 6) is -4.01. The largest absolute Gasteiger partial charge is 0.480 e. The molecule has 0 aromatic heterocycles. The number of carbonyl (C=O) groups excluding carboxylic acids is 3. The lowest BCUT2D eigenvalue weighted by Gasteiger charge is -2.28. The summed E-state index contributed by atoms with van der Waals surface area (Å²) in [6.45, 7) is 14.1. The Labute approximate surface area is 185 Å². The van der Waals surface area contributed by atoms with Gasteiger partial charge in [0.2, 0.25) is 5.91 Å². The van der Waals surface area contributed by atoms with Crippen LogP contribution in [0.1, 0.15) is 68.2 Å². The van der Waals surface area contributed by atoms with E-state index in [1.165, 1.54) is 0 Å². The van der Waals surface area contributed by atoms with Gasteiger partial charge in [0.1, 0.15) is 18.2 Å². The van der Waals surface area contributed by atoms with Gasteiger partial charge in [-0.25, -0.2) is 9.59 Å². The van der Waals surface area contributed by atoms with Gasteiger partial charge < -0.3 is 25.6 Å². The number of hydrogen-bond acceptors (Lipinski definition) is 6. The van der Waals surface area contributed by atoms with Crippen LogP contribution in [0, 0.1) is 23.7 Å².